The molecule has 4 aromatic rings. The van der Waals surface area contributed by atoms with E-state index in [0.717, 1.165) is 38.9 Å². The second-order valence-corrected chi connectivity index (χ2v) is 11.0. The van der Waals surface area contributed by atoms with Crippen molar-refractivity contribution in [3.63, 3.8) is 0 Å². The summed E-state index contributed by atoms with van der Waals surface area (Å²) in [5.74, 6) is 1.57. The Bertz CT molecular complexity index is 1340. The van der Waals surface area contributed by atoms with Crippen LogP contribution in [0.1, 0.15) is 56.4 Å². The highest BCUT2D eigenvalue weighted by Gasteiger charge is 2.30. The third-order valence-corrected chi connectivity index (χ3v) is 7.95. The van der Waals surface area contributed by atoms with Gasteiger partial charge in [-0.2, -0.15) is 0 Å². The Labute approximate surface area is 205 Å². The van der Waals surface area contributed by atoms with E-state index in [9.17, 15) is 4.79 Å². The maximum absolute atomic E-state index is 13.8. The number of carbonyl (C=O) groups excluding carboxylic acids is 1. The van der Waals surface area contributed by atoms with Gasteiger partial charge in [0.2, 0.25) is 0 Å². The van der Waals surface area contributed by atoms with E-state index in [1.54, 1.807) is 11.3 Å². The van der Waals surface area contributed by atoms with Gasteiger partial charge in [-0.15, -0.1) is 11.3 Å². The predicted octanol–water partition coefficient (Wildman–Crippen LogP) is 6.32. The van der Waals surface area contributed by atoms with Crippen LogP contribution >= 0.6 is 11.3 Å². The monoisotopic (exact) mass is 472 g/mol. The van der Waals surface area contributed by atoms with Crippen molar-refractivity contribution in [3.8, 4) is 10.4 Å². The molecule has 0 aliphatic heterocycles. The topological polar surface area (TPSA) is 61.9 Å². The maximum Gasteiger partial charge on any atom is 0.274 e. The number of hydrogen-bond acceptors (Lipinski definition) is 4. The number of benzene rings is 2. The summed E-state index contributed by atoms with van der Waals surface area (Å²) in [7, 11) is 0. The van der Waals surface area contributed by atoms with E-state index in [-0.39, 0.29) is 5.91 Å². The quantitative estimate of drug-likeness (QED) is 0.342. The lowest BCUT2D eigenvalue weighted by atomic mass is 10.0. The molecular formula is C28H32N4OS. The zero-order chi connectivity index (χ0) is 24.0. The number of nitrogens with zero attached hydrogens (tertiary/aromatic N) is 3. The number of aryl methyl sites for hydroxylation is 5. The molecular weight excluding hydrogens is 440 g/mol. The van der Waals surface area contributed by atoms with Crippen LogP contribution in [0.3, 0.4) is 0 Å². The summed E-state index contributed by atoms with van der Waals surface area (Å²) < 4.78 is 0. The summed E-state index contributed by atoms with van der Waals surface area (Å²) in [6.45, 7) is 11.9. The van der Waals surface area contributed by atoms with Gasteiger partial charge in [-0.1, -0.05) is 18.2 Å². The van der Waals surface area contributed by atoms with Gasteiger partial charge in [0.05, 0.1) is 20.9 Å². The van der Waals surface area contributed by atoms with Crippen LogP contribution in [0.4, 0.5) is 0 Å². The highest BCUT2D eigenvalue weighted by molar-refractivity contribution is 7.15. The molecule has 1 saturated carbocycles. The van der Waals surface area contributed by atoms with Crippen molar-refractivity contribution in [1.82, 2.24) is 19.9 Å². The van der Waals surface area contributed by atoms with Crippen molar-refractivity contribution in [2.24, 2.45) is 5.92 Å². The predicted molar refractivity (Wildman–Crippen MR) is 140 cm³/mol. The summed E-state index contributed by atoms with van der Waals surface area (Å²) >= 11 is 1.61. The van der Waals surface area contributed by atoms with Gasteiger partial charge in [-0.3, -0.25) is 4.79 Å². The Morgan fingerprint density at radius 2 is 1.74 bits per heavy atom. The van der Waals surface area contributed by atoms with Gasteiger partial charge in [0, 0.05) is 19.5 Å². The maximum atomic E-state index is 13.8. The molecule has 1 amide bonds. The van der Waals surface area contributed by atoms with Crippen molar-refractivity contribution >= 4 is 28.3 Å². The second kappa shape index (κ2) is 8.99. The third-order valence-electron chi connectivity index (χ3n) is 6.93. The molecule has 0 bridgehead atoms. The van der Waals surface area contributed by atoms with Crippen LogP contribution in [0, 0.1) is 40.5 Å². The van der Waals surface area contributed by atoms with Gasteiger partial charge < -0.3 is 9.88 Å². The second-order valence-electron chi connectivity index (χ2n) is 9.79. The molecule has 34 heavy (non-hydrogen) atoms. The molecule has 2 aromatic carbocycles. The van der Waals surface area contributed by atoms with Crippen LogP contribution in [0.25, 0.3) is 21.5 Å². The van der Waals surface area contributed by atoms with Crippen LogP contribution in [-0.2, 0) is 6.42 Å². The standard InChI is InChI=1S/C28H32N4OS/c1-16-6-9-22(12-17(16)2)27-26(29-20(5)34-27)28(33)32(15-21-7-8-21)11-10-25-30-23-13-18(3)19(4)14-24(23)31-25/h6,9,12-14,21H,7-8,10-11,15H2,1-5H3,(H,30,31). The van der Waals surface area contributed by atoms with Crippen molar-refractivity contribution in [2.75, 3.05) is 13.1 Å². The molecule has 0 unspecified atom stereocenters. The number of nitrogens with one attached hydrogen (secondary N) is 1. The summed E-state index contributed by atoms with van der Waals surface area (Å²) in [4.78, 5) is 29.7. The molecule has 1 aliphatic carbocycles. The number of H-pyrrole nitrogens is 1. The van der Waals surface area contributed by atoms with E-state index >= 15 is 0 Å². The summed E-state index contributed by atoms with van der Waals surface area (Å²) in [6, 6.07) is 10.7. The lowest BCUT2D eigenvalue weighted by Crippen LogP contribution is -2.35. The highest BCUT2D eigenvalue weighted by Crippen LogP contribution is 2.34. The van der Waals surface area contributed by atoms with Crippen LogP contribution in [0.5, 0.6) is 0 Å². The largest absolute Gasteiger partial charge is 0.342 e. The Hall–Kier alpha value is -2.99. The Balaban J connectivity index is 1.40. The average molecular weight is 473 g/mol. The number of aromatic amines is 1. The summed E-state index contributed by atoms with van der Waals surface area (Å²) in [5, 5.41) is 0.922. The Morgan fingerprint density at radius 1 is 1.00 bits per heavy atom. The molecule has 0 atom stereocenters. The molecule has 2 heterocycles. The Morgan fingerprint density at radius 3 is 2.47 bits per heavy atom. The molecule has 1 aliphatic rings. The number of imidazole rings is 1. The number of fused-ring (bicyclic) bond motifs is 1. The first-order valence-corrected chi connectivity index (χ1v) is 12.9. The molecule has 0 saturated heterocycles. The fraction of sp³-hybridized carbons (Fsp3) is 0.393. The zero-order valence-corrected chi connectivity index (χ0v) is 21.5. The average Bonchev–Trinajstić information content (AvgIpc) is 3.41. The zero-order valence-electron chi connectivity index (χ0n) is 20.7. The van der Waals surface area contributed by atoms with Crippen molar-refractivity contribution in [3.05, 3.63) is 69.1 Å². The van der Waals surface area contributed by atoms with E-state index in [4.69, 9.17) is 9.97 Å². The number of thiazole rings is 1. The van der Waals surface area contributed by atoms with Gasteiger partial charge in [0.15, 0.2) is 0 Å². The van der Waals surface area contributed by atoms with Gasteiger partial charge in [-0.25, -0.2) is 9.97 Å². The third kappa shape index (κ3) is 4.64. The van der Waals surface area contributed by atoms with E-state index in [0.29, 0.717) is 24.6 Å². The molecule has 1 N–H and O–H groups in total. The minimum absolute atomic E-state index is 0.0345. The van der Waals surface area contributed by atoms with Crippen LogP contribution < -0.4 is 0 Å². The SMILES string of the molecule is Cc1nc(C(=O)N(CCc2nc3cc(C)c(C)cc3[nH]2)CC2CC2)c(-c2ccc(C)c(C)c2)s1. The fourth-order valence-corrected chi connectivity index (χ4v) is 5.28. The number of amides is 1. The van der Waals surface area contributed by atoms with Crippen molar-refractivity contribution < 1.29 is 4.79 Å². The number of carbonyl (C=O) groups is 1. The number of aromatic nitrogens is 3. The van der Waals surface area contributed by atoms with Gasteiger partial charge in [0.1, 0.15) is 11.5 Å². The van der Waals surface area contributed by atoms with E-state index in [1.165, 1.54) is 35.1 Å². The molecule has 0 spiro atoms. The minimum atomic E-state index is 0.0345. The van der Waals surface area contributed by atoms with Crippen LogP contribution in [-0.4, -0.2) is 38.8 Å². The molecule has 1 fully saturated rings. The molecule has 5 nitrogen and oxygen atoms in total. The van der Waals surface area contributed by atoms with Gasteiger partial charge in [0.25, 0.3) is 5.91 Å². The Kier molecular flexibility index (Phi) is 6.02. The molecule has 5 rings (SSSR count). The normalized spacial score (nSPS) is 13.6. The van der Waals surface area contributed by atoms with Crippen molar-refractivity contribution in [1.29, 1.82) is 0 Å². The lowest BCUT2D eigenvalue weighted by Gasteiger charge is -2.22. The summed E-state index contributed by atoms with van der Waals surface area (Å²) in [5.41, 5.74) is 8.70. The summed E-state index contributed by atoms with van der Waals surface area (Å²) in [6.07, 6.45) is 3.10. The van der Waals surface area contributed by atoms with Crippen LogP contribution in [0.15, 0.2) is 30.3 Å². The van der Waals surface area contributed by atoms with Crippen molar-refractivity contribution in [2.45, 2.75) is 53.9 Å². The molecule has 2 aromatic heterocycles. The minimum Gasteiger partial charge on any atom is -0.342 e. The van der Waals surface area contributed by atoms with Gasteiger partial charge in [-0.05, 0) is 93.3 Å². The fourth-order valence-electron chi connectivity index (χ4n) is 4.37. The molecule has 6 heteroatoms. The molecule has 0 radical (unpaired) electrons. The first kappa shape index (κ1) is 22.8. The van der Waals surface area contributed by atoms with E-state index in [2.05, 4.69) is 63.0 Å². The van der Waals surface area contributed by atoms with Gasteiger partial charge >= 0.3 is 0 Å². The smallest absolute Gasteiger partial charge is 0.274 e. The number of hydrogen-bond donors (Lipinski definition) is 1. The van der Waals surface area contributed by atoms with E-state index in [1.807, 2.05) is 11.8 Å². The highest BCUT2D eigenvalue weighted by atomic mass is 32.1. The first-order chi connectivity index (χ1) is 16.3. The first-order valence-electron chi connectivity index (χ1n) is 12.1. The molecule has 176 valence electrons. The number of rotatable bonds is 7. The van der Waals surface area contributed by atoms with E-state index < -0.39 is 0 Å². The van der Waals surface area contributed by atoms with Crippen LogP contribution in [0.2, 0.25) is 0 Å². The lowest BCUT2D eigenvalue weighted by molar-refractivity contribution is 0.0744.